The highest BCUT2D eigenvalue weighted by Gasteiger charge is 2.51. The summed E-state index contributed by atoms with van der Waals surface area (Å²) in [6.45, 7) is 0.347. The van der Waals surface area contributed by atoms with Crippen LogP contribution in [0.5, 0.6) is 0 Å². The molecule has 1 aromatic heterocycles. The maximum atomic E-state index is 13.0. The minimum atomic E-state index is -4.73. The average Bonchev–Trinajstić information content (AvgIpc) is 2.69. The monoisotopic (exact) mass is 347 g/mol. The van der Waals surface area contributed by atoms with Crippen molar-refractivity contribution in [1.82, 2.24) is 14.1 Å². The highest BCUT2D eigenvalue weighted by atomic mass is 35.5. The van der Waals surface area contributed by atoms with E-state index in [1.54, 1.807) is 0 Å². The van der Waals surface area contributed by atoms with E-state index in [4.69, 9.17) is 16.3 Å². The Hall–Kier alpha value is -0.840. The Kier molecular flexibility index (Phi) is 4.26. The molecular formula is C10H13ClF3N3O3S. The molecule has 6 nitrogen and oxygen atoms in total. The molecule has 0 aromatic carbocycles. The van der Waals surface area contributed by atoms with Crippen LogP contribution in [0.3, 0.4) is 0 Å². The first-order valence-corrected chi connectivity index (χ1v) is 7.74. The topological polar surface area (TPSA) is 64.4 Å². The first kappa shape index (κ1) is 16.5. The Morgan fingerprint density at radius 1 is 1.48 bits per heavy atom. The quantitative estimate of drug-likeness (QED) is 0.811. The van der Waals surface area contributed by atoms with Crippen molar-refractivity contribution in [3.05, 3.63) is 11.3 Å². The van der Waals surface area contributed by atoms with Gasteiger partial charge in [0.2, 0.25) is 10.0 Å². The number of morpholine rings is 1. The van der Waals surface area contributed by atoms with Crippen LogP contribution in [0, 0.1) is 0 Å². The van der Waals surface area contributed by atoms with Crippen LogP contribution in [-0.4, -0.2) is 54.0 Å². The molecule has 0 amide bonds. The van der Waals surface area contributed by atoms with Crippen LogP contribution in [-0.2, 0) is 21.8 Å². The van der Waals surface area contributed by atoms with Crippen molar-refractivity contribution in [1.29, 1.82) is 0 Å². The predicted octanol–water partition coefficient (Wildman–Crippen LogP) is 1.41. The first-order chi connectivity index (χ1) is 9.55. The Labute approximate surface area is 124 Å². The second-order valence-corrected chi connectivity index (χ2v) is 6.92. The highest BCUT2D eigenvalue weighted by Crippen LogP contribution is 2.34. The average molecular weight is 348 g/mol. The van der Waals surface area contributed by atoms with Crippen LogP contribution in [0.15, 0.2) is 11.1 Å². The zero-order chi connectivity index (χ0) is 16.0. The Bertz CT molecular complexity index is 631. The molecule has 21 heavy (non-hydrogen) atoms. The summed E-state index contributed by atoms with van der Waals surface area (Å²) < 4.78 is 70.4. The molecule has 2 unspecified atom stereocenters. The van der Waals surface area contributed by atoms with Crippen molar-refractivity contribution in [2.45, 2.75) is 30.1 Å². The minimum absolute atomic E-state index is 0.241. The van der Waals surface area contributed by atoms with Gasteiger partial charge in [-0.05, 0) is 6.92 Å². The van der Waals surface area contributed by atoms with Crippen LogP contribution < -0.4 is 0 Å². The molecule has 2 rings (SSSR count). The van der Waals surface area contributed by atoms with Crippen molar-refractivity contribution >= 4 is 21.6 Å². The van der Waals surface area contributed by atoms with E-state index >= 15 is 0 Å². The van der Waals surface area contributed by atoms with E-state index in [1.165, 1.54) is 14.0 Å². The Morgan fingerprint density at radius 3 is 2.57 bits per heavy atom. The van der Waals surface area contributed by atoms with Gasteiger partial charge in [0.15, 0.2) is 0 Å². The summed E-state index contributed by atoms with van der Waals surface area (Å²) in [4.78, 5) is -0.449. The number of ether oxygens (including phenoxy) is 1. The van der Waals surface area contributed by atoms with Crippen molar-refractivity contribution < 1.29 is 26.3 Å². The largest absolute Gasteiger partial charge is 0.407 e. The van der Waals surface area contributed by atoms with Gasteiger partial charge in [0, 0.05) is 13.6 Å². The lowest BCUT2D eigenvalue weighted by molar-refractivity contribution is -0.204. The Morgan fingerprint density at radius 2 is 2.10 bits per heavy atom. The minimum Gasteiger partial charge on any atom is -0.375 e. The number of sulfonamides is 1. The number of hydrogen-bond donors (Lipinski definition) is 0. The van der Waals surface area contributed by atoms with Crippen molar-refractivity contribution in [3.63, 3.8) is 0 Å². The van der Waals surface area contributed by atoms with Crippen molar-refractivity contribution in [2.75, 3.05) is 13.2 Å². The van der Waals surface area contributed by atoms with E-state index in [0.29, 0.717) is 4.31 Å². The molecule has 1 saturated heterocycles. The molecule has 1 fully saturated rings. The van der Waals surface area contributed by atoms with Crippen LogP contribution in [0.1, 0.15) is 6.92 Å². The van der Waals surface area contributed by atoms with E-state index in [0.717, 1.165) is 10.9 Å². The second-order valence-electron chi connectivity index (χ2n) is 4.70. The number of aromatic nitrogens is 2. The zero-order valence-corrected chi connectivity index (χ0v) is 12.7. The van der Waals surface area contributed by atoms with Gasteiger partial charge in [-0.25, -0.2) is 8.42 Å². The third-order valence-corrected chi connectivity index (χ3v) is 5.56. The van der Waals surface area contributed by atoms with Gasteiger partial charge < -0.3 is 4.74 Å². The lowest BCUT2D eigenvalue weighted by Crippen LogP contribution is -2.57. The van der Waals surface area contributed by atoms with Gasteiger partial charge >= 0.3 is 6.18 Å². The molecule has 1 aliphatic rings. The molecular weight excluding hydrogens is 335 g/mol. The van der Waals surface area contributed by atoms with E-state index < -0.39 is 46.4 Å². The second kappa shape index (κ2) is 5.41. The predicted molar refractivity (Wildman–Crippen MR) is 67.4 cm³/mol. The summed E-state index contributed by atoms with van der Waals surface area (Å²) >= 11 is 5.79. The molecule has 0 saturated carbocycles. The molecule has 2 heterocycles. The number of nitrogens with zero attached hydrogens (tertiary/aromatic N) is 3. The number of aryl methyl sites for hydroxylation is 1. The maximum absolute atomic E-state index is 13.0. The fourth-order valence-corrected chi connectivity index (χ4v) is 4.08. The molecule has 0 radical (unpaired) electrons. The maximum Gasteiger partial charge on any atom is 0.407 e. The number of rotatable bonds is 2. The van der Waals surface area contributed by atoms with E-state index in [-0.39, 0.29) is 5.15 Å². The summed E-state index contributed by atoms with van der Waals surface area (Å²) in [6, 6.07) is -2.24. The summed E-state index contributed by atoms with van der Waals surface area (Å²) in [7, 11) is -3.03. The molecule has 120 valence electrons. The molecule has 0 N–H and O–H groups in total. The van der Waals surface area contributed by atoms with Gasteiger partial charge in [0.1, 0.15) is 16.1 Å². The van der Waals surface area contributed by atoms with Crippen LogP contribution >= 0.6 is 11.6 Å². The molecule has 0 spiro atoms. The van der Waals surface area contributed by atoms with Gasteiger partial charge in [-0.1, -0.05) is 11.6 Å². The summed E-state index contributed by atoms with van der Waals surface area (Å²) in [5.74, 6) is 0. The van der Waals surface area contributed by atoms with Crippen molar-refractivity contribution in [2.24, 2.45) is 7.05 Å². The van der Waals surface area contributed by atoms with Gasteiger partial charge in [-0.15, -0.1) is 0 Å². The number of alkyl halides is 3. The SMILES string of the molecule is CC1CN(S(=O)(=O)c2cnn(C)c2Cl)C(C(F)(F)F)CO1. The van der Waals surface area contributed by atoms with Crippen LogP contribution in [0.2, 0.25) is 5.15 Å². The molecule has 2 atom stereocenters. The van der Waals surface area contributed by atoms with Gasteiger partial charge in [-0.2, -0.15) is 22.6 Å². The summed E-state index contributed by atoms with van der Waals surface area (Å²) in [6.07, 6.45) is -4.44. The molecule has 11 heteroatoms. The van der Waals surface area contributed by atoms with Gasteiger partial charge in [0.25, 0.3) is 0 Å². The summed E-state index contributed by atoms with van der Waals surface area (Å²) in [5.41, 5.74) is 0. The fourth-order valence-electron chi connectivity index (χ4n) is 2.00. The van der Waals surface area contributed by atoms with Crippen LogP contribution in [0.4, 0.5) is 13.2 Å². The van der Waals surface area contributed by atoms with Crippen LogP contribution in [0.25, 0.3) is 0 Å². The molecule has 1 aromatic rings. The molecule has 1 aliphatic heterocycles. The van der Waals surface area contributed by atoms with Crippen molar-refractivity contribution in [3.8, 4) is 0 Å². The van der Waals surface area contributed by atoms with Gasteiger partial charge in [0.05, 0.1) is 18.9 Å². The van der Waals surface area contributed by atoms with E-state index in [2.05, 4.69) is 5.10 Å². The smallest absolute Gasteiger partial charge is 0.375 e. The molecule has 0 bridgehead atoms. The number of hydrogen-bond acceptors (Lipinski definition) is 4. The van der Waals surface area contributed by atoms with E-state index in [1.807, 2.05) is 0 Å². The molecule has 0 aliphatic carbocycles. The van der Waals surface area contributed by atoms with Gasteiger partial charge in [-0.3, -0.25) is 4.68 Å². The lowest BCUT2D eigenvalue weighted by atomic mass is 10.2. The zero-order valence-electron chi connectivity index (χ0n) is 11.1. The number of halogens is 4. The first-order valence-electron chi connectivity index (χ1n) is 5.92. The normalized spacial score (nSPS) is 25.2. The third kappa shape index (κ3) is 3.03. The Balaban J connectivity index is 2.46. The highest BCUT2D eigenvalue weighted by molar-refractivity contribution is 7.89. The third-order valence-electron chi connectivity index (χ3n) is 3.12. The fraction of sp³-hybridized carbons (Fsp3) is 0.700. The standard InChI is InChI=1S/C10H13ClF3N3O3S/c1-6-4-17(8(5-20-6)10(12,13)14)21(18,19)7-3-15-16(2)9(7)11/h3,6,8H,4-5H2,1-2H3. The van der Waals surface area contributed by atoms with E-state index in [9.17, 15) is 21.6 Å². The summed E-state index contributed by atoms with van der Waals surface area (Å²) in [5, 5.41) is 3.41. The lowest BCUT2D eigenvalue weighted by Gasteiger charge is -2.38.